The number of para-hydroxylation sites is 1. The summed E-state index contributed by atoms with van der Waals surface area (Å²) in [6.45, 7) is 4.00. The summed E-state index contributed by atoms with van der Waals surface area (Å²) < 4.78 is 0. The average Bonchev–Trinajstić information content (AvgIpc) is 3.61. The Labute approximate surface area is 219 Å². The first-order valence-corrected chi connectivity index (χ1v) is 13.1. The summed E-state index contributed by atoms with van der Waals surface area (Å²) in [5.41, 5.74) is 4.26. The number of nitrogens with zero attached hydrogens (tertiary/aromatic N) is 2. The van der Waals surface area contributed by atoms with Crippen LogP contribution in [0.1, 0.15) is 59.9 Å². The number of aromatic nitrogens is 1. The molecule has 4 heterocycles. The van der Waals surface area contributed by atoms with Gasteiger partial charge in [0.25, 0.3) is 5.91 Å². The van der Waals surface area contributed by atoms with Crippen LogP contribution in [0, 0.1) is 5.92 Å². The van der Waals surface area contributed by atoms with Crippen LogP contribution in [0.3, 0.4) is 0 Å². The molecule has 1 aromatic heterocycles. The number of amides is 3. The summed E-state index contributed by atoms with van der Waals surface area (Å²) in [7, 11) is 0. The van der Waals surface area contributed by atoms with Gasteiger partial charge in [-0.2, -0.15) is 0 Å². The third kappa shape index (κ3) is 3.60. The molecule has 9 nitrogen and oxygen atoms in total. The van der Waals surface area contributed by atoms with Crippen LogP contribution < -0.4 is 5.32 Å². The molecule has 3 aliphatic heterocycles. The fourth-order valence-corrected chi connectivity index (χ4v) is 6.37. The van der Waals surface area contributed by atoms with E-state index in [9.17, 15) is 24.3 Å². The van der Waals surface area contributed by atoms with Crippen LogP contribution in [0.5, 0.6) is 0 Å². The van der Waals surface area contributed by atoms with Crippen molar-refractivity contribution in [1.82, 2.24) is 20.1 Å². The zero-order valence-electron chi connectivity index (χ0n) is 21.3. The van der Waals surface area contributed by atoms with Crippen LogP contribution in [0.2, 0.25) is 0 Å². The molecule has 0 spiro atoms. The molecule has 2 aromatic carbocycles. The van der Waals surface area contributed by atoms with Gasteiger partial charge < -0.3 is 25.2 Å². The molecular weight excluding hydrogens is 484 g/mol. The number of nitrogens with one attached hydrogen (secondary N) is 2. The number of hydrogen-bond donors (Lipinski definition) is 3. The number of fused-ring (bicyclic) bond motifs is 7. The minimum absolute atomic E-state index is 0.215. The fraction of sp³-hybridized carbons (Fsp3) is 0.379. The average molecular weight is 515 g/mol. The number of H-pyrrole nitrogens is 1. The van der Waals surface area contributed by atoms with Gasteiger partial charge in [0.2, 0.25) is 11.8 Å². The Kier molecular flexibility index (Phi) is 5.74. The lowest BCUT2D eigenvalue weighted by molar-refractivity contribution is -0.150. The molecule has 0 aliphatic carbocycles. The van der Waals surface area contributed by atoms with Crippen molar-refractivity contribution in [3.8, 4) is 0 Å². The number of aliphatic carboxylic acids is 1. The minimum Gasteiger partial charge on any atom is -0.480 e. The fourth-order valence-electron chi connectivity index (χ4n) is 6.37. The quantitative estimate of drug-likeness (QED) is 0.483. The van der Waals surface area contributed by atoms with E-state index in [2.05, 4.69) is 10.3 Å². The molecule has 1 saturated heterocycles. The van der Waals surface area contributed by atoms with Gasteiger partial charge in [0.05, 0.1) is 6.04 Å². The molecule has 1 unspecified atom stereocenters. The van der Waals surface area contributed by atoms with Crippen molar-refractivity contribution < 1.29 is 24.3 Å². The lowest BCUT2D eigenvalue weighted by atomic mass is 9.89. The summed E-state index contributed by atoms with van der Waals surface area (Å²) in [5, 5.41) is 13.5. The van der Waals surface area contributed by atoms with Crippen LogP contribution >= 0.6 is 0 Å². The standard InChI is InChI=1S/C29H30N4O5/c1-15(2)23(28(36)32-13-7-12-21(32)29(37)38)31-26(34)22-14-19-16-8-5-6-11-20(16)30-24(19)25-17-9-3-4-10-18(17)27(35)33(22)25/h3-6,8-11,15,21-23,25,30H,7,12-14H2,1-2H3,(H,31,34)(H,37,38)/t21-,22+,23+,25?/m1/s1. The van der Waals surface area contributed by atoms with Crippen molar-refractivity contribution in [2.24, 2.45) is 5.92 Å². The molecule has 0 saturated carbocycles. The monoisotopic (exact) mass is 514 g/mol. The maximum Gasteiger partial charge on any atom is 0.326 e. The van der Waals surface area contributed by atoms with E-state index in [1.54, 1.807) is 11.0 Å². The largest absolute Gasteiger partial charge is 0.480 e. The van der Waals surface area contributed by atoms with Gasteiger partial charge in [-0.15, -0.1) is 0 Å². The van der Waals surface area contributed by atoms with Crippen molar-refractivity contribution in [3.05, 3.63) is 70.9 Å². The van der Waals surface area contributed by atoms with Gasteiger partial charge in [-0.25, -0.2) is 4.79 Å². The lowest BCUT2D eigenvalue weighted by Crippen LogP contribution is -2.59. The third-order valence-electron chi connectivity index (χ3n) is 8.21. The van der Waals surface area contributed by atoms with Crippen LogP contribution in [0.4, 0.5) is 0 Å². The lowest BCUT2D eigenvalue weighted by Gasteiger charge is -2.38. The van der Waals surface area contributed by atoms with Crippen LogP contribution in [0.25, 0.3) is 10.9 Å². The van der Waals surface area contributed by atoms with Crippen molar-refractivity contribution in [3.63, 3.8) is 0 Å². The van der Waals surface area contributed by atoms with E-state index in [-0.39, 0.29) is 11.8 Å². The molecule has 3 amide bonds. The van der Waals surface area contributed by atoms with Crippen molar-refractivity contribution >= 4 is 34.6 Å². The van der Waals surface area contributed by atoms with E-state index in [1.807, 2.05) is 56.3 Å². The molecule has 1 fully saturated rings. The summed E-state index contributed by atoms with van der Waals surface area (Å²) in [6, 6.07) is 12.3. The number of hydrogen-bond acceptors (Lipinski definition) is 4. The zero-order valence-corrected chi connectivity index (χ0v) is 21.3. The predicted octanol–water partition coefficient (Wildman–Crippen LogP) is 2.85. The Morgan fingerprint density at radius 2 is 1.79 bits per heavy atom. The molecule has 6 rings (SSSR count). The van der Waals surface area contributed by atoms with Gasteiger partial charge in [0, 0.05) is 35.1 Å². The number of aromatic amines is 1. The first-order valence-electron chi connectivity index (χ1n) is 13.1. The second kappa shape index (κ2) is 9.01. The van der Waals surface area contributed by atoms with E-state index in [1.165, 1.54) is 4.90 Å². The van der Waals surface area contributed by atoms with Gasteiger partial charge in [-0.05, 0) is 42.0 Å². The number of carbonyl (C=O) groups excluding carboxylic acids is 3. The summed E-state index contributed by atoms with van der Waals surface area (Å²) in [5.74, 6) is -2.32. The van der Waals surface area contributed by atoms with E-state index < -0.39 is 42.0 Å². The molecular formula is C29H30N4O5. The third-order valence-corrected chi connectivity index (χ3v) is 8.21. The molecule has 4 atom stereocenters. The topological polar surface area (TPSA) is 123 Å². The SMILES string of the molecule is CC(C)[C@H](NC(=O)[C@@H]1Cc2c([nH]c3ccccc23)C2c3ccccc3C(=O)N21)C(=O)N1CCC[C@@H]1C(=O)O. The maximum atomic E-state index is 14.0. The molecule has 3 N–H and O–H groups in total. The highest BCUT2D eigenvalue weighted by molar-refractivity contribution is 6.04. The minimum atomic E-state index is -1.04. The maximum absolute atomic E-state index is 14.0. The first-order chi connectivity index (χ1) is 18.3. The van der Waals surface area contributed by atoms with Gasteiger partial charge >= 0.3 is 5.97 Å². The number of carboxylic acids is 1. The Morgan fingerprint density at radius 1 is 1.05 bits per heavy atom. The van der Waals surface area contributed by atoms with Crippen LogP contribution in [0.15, 0.2) is 48.5 Å². The Hall–Kier alpha value is -4.14. The molecule has 196 valence electrons. The summed E-state index contributed by atoms with van der Waals surface area (Å²) in [6.07, 6.45) is 1.31. The van der Waals surface area contributed by atoms with Crippen LogP contribution in [-0.2, 0) is 20.8 Å². The van der Waals surface area contributed by atoms with Crippen LogP contribution in [-0.4, -0.2) is 68.3 Å². The van der Waals surface area contributed by atoms with Crippen molar-refractivity contribution in [1.29, 1.82) is 0 Å². The van der Waals surface area contributed by atoms with Crippen molar-refractivity contribution in [2.75, 3.05) is 6.54 Å². The number of carbonyl (C=O) groups is 4. The second-order valence-electron chi connectivity index (χ2n) is 10.7. The Bertz CT molecular complexity index is 1480. The molecule has 38 heavy (non-hydrogen) atoms. The Morgan fingerprint density at radius 3 is 2.55 bits per heavy atom. The summed E-state index contributed by atoms with van der Waals surface area (Å²) in [4.78, 5) is 59.3. The van der Waals surface area contributed by atoms with Gasteiger partial charge in [0.15, 0.2) is 0 Å². The normalized spacial score (nSPS) is 22.8. The van der Waals surface area contributed by atoms with E-state index >= 15 is 0 Å². The molecule has 0 radical (unpaired) electrons. The van der Waals surface area contributed by atoms with Gasteiger partial charge in [-0.1, -0.05) is 50.2 Å². The smallest absolute Gasteiger partial charge is 0.326 e. The van der Waals surface area contributed by atoms with Gasteiger partial charge in [0.1, 0.15) is 18.1 Å². The second-order valence-corrected chi connectivity index (χ2v) is 10.7. The Balaban J connectivity index is 1.37. The molecule has 9 heteroatoms. The number of rotatable bonds is 5. The number of carboxylic acid groups (broad SMARTS) is 1. The number of benzene rings is 2. The van der Waals surface area contributed by atoms with Gasteiger partial charge in [-0.3, -0.25) is 14.4 Å². The van der Waals surface area contributed by atoms with E-state index in [0.717, 1.165) is 27.7 Å². The zero-order chi connectivity index (χ0) is 26.7. The highest BCUT2D eigenvalue weighted by atomic mass is 16.4. The van der Waals surface area contributed by atoms with Crippen molar-refractivity contribution in [2.45, 2.75) is 57.3 Å². The number of likely N-dealkylation sites (tertiary alicyclic amines) is 1. The van der Waals surface area contributed by atoms with E-state index in [0.29, 0.717) is 31.4 Å². The first kappa shape index (κ1) is 24.2. The highest BCUT2D eigenvalue weighted by Crippen LogP contribution is 2.46. The molecule has 3 aromatic rings. The predicted molar refractivity (Wildman–Crippen MR) is 139 cm³/mol. The van der Waals surface area contributed by atoms with E-state index in [4.69, 9.17) is 0 Å². The highest BCUT2D eigenvalue weighted by Gasteiger charge is 2.49. The molecule has 0 bridgehead atoms. The summed E-state index contributed by atoms with van der Waals surface area (Å²) >= 11 is 0. The molecule has 3 aliphatic rings.